The van der Waals surface area contributed by atoms with Gasteiger partial charge in [0.25, 0.3) is 5.89 Å². The molecule has 2 aromatic carbocycles. The molecular weight excluding hydrogens is 262 g/mol. The normalized spacial score (nSPS) is 16.3. The van der Waals surface area contributed by atoms with Crippen molar-refractivity contribution in [1.82, 2.24) is 10.1 Å². The van der Waals surface area contributed by atoms with E-state index in [2.05, 4.69) is 34.4 Å². The third-order valence-electron chi connectivity index (χ3n) is 4.09. The molecule has 0 saturated heterocycles. The van der Waals surface area contributed by atoms with E-state index >= 15 is 0 Å². The van der Waals surface area contributed by atoms with Gasteiger partial charge in [0.05, 0.1) is 5.92 Å². The molecule has 104 valence electrons. The molecule has 1 aliphatic carbocycles. The molecule has 1 heterocycles. The van der Waals surface area contributed by atoms with E-state index in [9.17, 15) is 0 Å². The summed E-state index contributed by atoms with van der Waals surface area (Å²) in [5.41, 5.74) is 11.2. The summed E-state index contributed by atoms with van der Waals surface area (Å²) in [5.74, 6) is 1.58. The molecule has 0 amide bonds. The lowest BCUT2D eigenvalue weighted by Crippen LogP contribution is -2.19. The van der Waals surface area contributed by atoms with Gasteiger partial charge in [-0.2, -0.15) is 4.98 Å². The van der Waals surface area contributed by atoms with Crippen molar-refractivity contribution < 1.29 is 4.52 Å². The zero-order chi connectivity index (χ0) is 14.4. The molecule has 0 radical (unpaired) electrons. The molecule has 3 aromatic rings. The van der Waals surface area contributed by atoms with Crippen LogP contribution in [-0.4, -0.2) is 10.1 Å². The van der Waals surface area contributed by atoms with Crippen LogP contribution in [-0.2, 0) is 6.42 Å². The summed E-state index contributed by atoms with van der Waals surface area (Å²) in [6.07, 6.45) is 0.982. The number of hydrogen-bond acceptors (Lipinski definition) is 4. The molecule has 4 rings (SSSR count). The maximum absolute atomic E-state index is 5.78. The molecule has 0 saturated carbocycles. The highest BCUT2D eigenvalue weighted by Gasteiger charge is 2.31. The van der Waals surface area contributed by atoms with Crippen LogP contribution < -0.4 is 5.73 Å². The van der Waals surface area contributed by atoms with Crippen molar-refractivity contribution in [2.24, 2.45) is 0 Å². The fraction of sp³-hybridized carbons (Fsp3) is 0.176. The summed E-state index contributed by atoms with van der Waals surface area (Å²) in [6.45, 7) is 1.99. The summed E-state index contributed by atoms with van der Waals surface area (Å²) in [7, 11) is 0. The number of benzene rings is 2. The van der Waals surface area contributed by atoms with Crippen molar-refractivity contribution in [2.45, 2.75) is 19.3 Å². The summed E-state index contributed by atoms with van der Waals surface area (Å²) < 4.78 is 5.44. The molecule has 21 heavy (non-hydrogen) atoms. The first-order valence-corrected chi connectivity index (χ1v) is 7.00. The number of aryl methyl sites for hydroxylation is 1. The van der Waals surface area contributed by atoms with Gasteiger partial charge in [0.2, 0.25) is 0 Å². The number of anilines is 1. The van der Waals surface area contributed by atoms with Gasteiger partial charge in [-0.25, -0.2) is 0 Å². The summed E-state index contributed by atoms with van der Waals surface area (Å²) >= 11 is 0. The first kappa shape index (κ1) is 12.1. The Morgan fingerprint density at radius 2 is 2.05 bits per heavy atom. The van der Waals surface area contributed by atoms with Crippen LogP contribution in [0.15, 0.2) is 47.0 Å². The Labute approximate surface area is 122 Å². The number of fused-ring (bicyclic) bond motifs is 1. The van der Waals surface area contributed by atoms with Crippen LogP contribution in [0.1, 0.15) is 28.4 Å². The number of rotatable bonds is 2. The van der Waals surface area contributed by atoms with Crippen LogP contribution in [0.5, 0.6) is 0 Å². The molecule has 2 N–H and O–H groups in total. The van der Waals surface area contributed by atoms with Crippen LogP contribution in [0, 0.1) is 6.92 Å². The Morgan fingerprint density at radius 3 is 2.86 bits per heavy atom. The minimum atomic E-state index is 0.257. The largest absolute Gasteiger partial charge is 0.399 e. The molecule has 1 aromatic heterocycles. The van der Waals surface area contributed by atoms with Crippen molar-refractivity contribution in [1.29, 1.82) is 0 Å². The minimum Gasteiger partial charge on any atom is -0.399 e. The lowest BCUT2D eigenvalue weighted by molar-refractivity contribution is 0.416. The topological polar surface area (TPSA) is 64.9 Å². The van der Waals surface area contributed by atoms with Crippen LogP contribution in [0.2, 0.25) is 0 Å². The first-order valence-electron chi connectivity index (χ1n) is 7.00. The number of nitrogens with zero attached hydrogens (tertiary/aromatic N) is 2. The molecule has 0 bridgehead atoms. The third kappa shape index (κ3) is 1.91. The second-order valence-electron chi connectivity index (χ2n) is 5.49. The first-order chi connectivity index (χ1) is 10.2. The Kier molecular flexibility index (Phi) is 2.57. The Balaban J connectivity index is 1.68. The Morgan fingerprint density at radius 1 is 1.19 bits per heavy atom. The fourth-order valence-corrected chi connectivity index (χ4v) is 2.90. The van der Waals surface area contributed by atoms with Crippen molar-refractivity contribution in [2.75, 3.05) is 5.73 Å². The molecule has 1 unspecified atom stereocenters. The number of aromatic nitrogens is 2. The maximum atomic E-state index is 5.78. The average molecular weight is 277 g/mol. The molecule has 0 spiro atoms. The number of nitrogen functional groups attached to an aromatic ring is 1. The highest BCUT2D eigenvalue weighted by atomic mass is 16.5. The van der Waals surface area contributed by atoms with E-state index in [4.69, 9.17) is 10.3 Å². The van der Waals surface area contributed by atoms with Crippen LogP contribution >= 0.6 is 0 Å². The van der Waals surface area contributed by atoms with Gasteiger partial charge < -0.3 is 10.3 Å². The summed E-state index contributed by atoms with van der Waals surface area (Å²) in [4.78, 5) is 4.57. The van der Waals surface area contributed by atoms with Crippen LogP contribution in [0.25, 0.3) is 11.5 Å². The van der Waals surface area contributed by atoms with Gasteiger partial charge in [0.1, 0.15) is 0 Å². The Bertz CT molecular complexity index is 822. The van der Waals surface area contributed by atoms with E-state index in [0.717, 1.165) is 29.1 Å². The monoisotopic (exact) mass is 277 g/mol. The standard InChI is InChI=1S/C17H15N3O/c1-10-8-12(18)6-7-13(10)17-19-16(20-21-17)15-9-11-4-2-3-5-14(11)15/h2-8,15H,9,18H2,1H3. The third-order valence-corrected chi connectivity index (χ3v) is 4.09. The van der Waals surface area contributed by atoms with Gasteiger partial charge in [-0.3, -0.25) is 0 Å². The predicted molar refractivity (Wildman–Crippen MR) is 80.9 cm³/mol. The summed E-state index contributed by atoms with van der Waals surface area (Å²) in [5, 5.41) is 4.16. The van der Waals surface area contributed by atoms with Crippen LogP contribution in [0.3, 0.4) is 0 Å². The molecule has 1 aliphatic rings. The molecule has 1 atom stereocenters. The molecule has 4 heteroatoms. The van der Waals surface area contributed by atoms with Gasteiger partial charge >= 0.3 is 0 Å². The highest BCUT2D eigenvalue weighted by Crippen LogP contribution is 2.39. The zero-order valence-corrected chi connectivity index (χ0v) is 11.7. The summed E-state index contributed by atoms with van der Waals surface area (Å²) in [6, 6.07) is 14.1. The smallest absolute Gasteiger partial charge is 0.258 e. The molecular formula is C17H15N3O. The number of nitrogens with two attached hydrogens (primary N) is 1. The maximum Gasteiger partial charge on any atom is 0.258 e. The highest BCUT2D eigenvalue weighted by molar-refractivity contribution is 5.62. The van der Waals surface area contributed by atoms with E-state index in [0.29, 0.717) is 5.89 Å². The van der Waals surface area contributed by atoms with Gasteiger partial charge in [0, 0.05) is 11.3 Å². The van der Waals surface area contributed by atoms with Crippen molar-refractivity contribution in [3.63, 3.8) is 0 Å². The van der Waals surface area contributed by atoms with Crippen molar-refractivity contribution >= 4 is 5.69 Å². The van der Waals surface area contributed by atoms with E-state index < -0.39 is 0 Å². The SMILES string of the molecule is Cc1cc(N)ccc1-c1nc(C2Cc3ccccc32)no1. The fourth-order valence-electron chi connectivity index (χ4n) is 2.90. The van der Waals surface area contributed by atoms with Gasteiger partial charge in [-0.15, -0.1) is 0 Å². The van der Waals surface area contributed by atoms with E-state index in [-0.39, 0.29) is 5.92 Å². The second kappa shape index (κ2) is 4.45. The molecule has 4 nitrogen and oxygen atoms in total. The number of hydrogen-bond donors (Lipinski definition) is 1. The second-order valence-corrected chi connectivity index (χ2v) is 5.49. The molecule has 0 fully saturated rings. The van der Waals surface area contributed by atoms with E-state index in [1.165, 1.54) is 11.1 Å². The molecule has 0 aliphatic heterocycles. The van der Waals surface area contributed by atoms with Gasteiger partial charge in [0.15, 0.2) is 5.82 Å². The van der Waals surface area contributed by atoms with Crippen molar-refractivity contribution in [3.05, 3.63) is 65.0 Å². The van der Waals surface area contributed by atoms with Gasteiger partial charge in [-0.1, -0.05) is 29.4 Å². The van der Waals surface area contributed by atoms with Crippen LogP contribution in [0.4, 0.5) is 5.69 Å². The minimum absolute atomic E-state index is 0.257. The Hall–Kier alpha value is -2.62. The van der Waals surface area contributed by atoms with Gasteiger partial charge in [-0.05, 0) is 48.2 Å². The lowest BCUT2D eigenvalue weighted by Gasteiger charge is -2.27. The quantitative estimate of drug-likeness (QED) is 0.730. The van der Waals surface area contributed by atoms with Crippen molar-refractivity contribution in [3.8, 4) is 11.5 Å². The average Bonchev–Trinajstić information content (AvgIpc) is 2.89. The predicted octanol–water partition coefficient (Wildman–Crippen LogP) is 3.32. The van der Waals surface area contributed by atoms with E-state index in [1.54, 1.807) is 0 Å². The lowest BCUT2D eigenvalue weighted by atomic mass is 9.77. The van der Waals surface area contributed by atoms with E-state index in [1.807, 2.05) is 25.1 Å². The zero-order valence-electron chi connectivity index (χ0n) is 11.7.